The van der Waals surface area contributed by atoms with Gasteiger partial charge >= 0.3 is 0 Å². The van der Waals surface area contributed by atoms with E-state index in [9.17, 15) is 21.6 Å². The van der Waals surface area contributed by atoms with E-state index in [4.69, 9.17) is 9.47 Å². The van der Waals surface area contributed by atoms with Crippen LogP contribution in [-0.4, -0.2) is 61.4 Å². The maximum Gasteiger partial charge on any atom is 0.300 e. The van der Waals surface area contributed by atoms with E-state index in [0.717, 1.165) is 11.3 Å². The van der Waals surface area contributed by atoms with Crippen LogP contribution in [0.2, 0.25) is 0 Å². The first-order valence-electron chi connectivity index (χ1n) is 12.8. The van der Waals surface area contributed by atoms with Crippen molar-refractivity contribution < 1.29 is 26.3 Å². The van der Waals surface area contributed by atoms with Gasteiger partial charge in [-0.1, -0.05) is 0 Å². The first kappa shape index (κ1) is 29.0. The number of aromatic nitrogens is 4. The fraction of sp³-hybridized carbons (Fsp3) is 0.385. The van der Waals surface area contributed by atoms with Crippen molar-refractivity contribution in [2.75, 3.05) is 29.9 Å². The van der Waals surface area contributed by atoms with Gasteiger partial charge in [0.1, 0.15) is 21.2 Å². The smallest absolute Gasteiger partial charge is 0.300 e. The third-order valence-corrected chi connectivity index (χ3v) is 11.6. The van der Waals surface area contributed by atoms with Crippen LogP contribution in [0, 0.1) is 19.8 Å². The lowest BCUT2D eigenvalue weighted by Gasteiger charge is -2.21. The number of fused-ring (bicyclic) bond motifs is 1. The van der Waals surface area contributed by atoms with Crippen LogP contribution in [0.25, 0.3) is 16.8 Å². The number of hydrogen-bond donors (Lipinski definition) is 1. The Labute approximate surface area is 241 Å². The van der Waals surface area contributed by atoms with E-state index in [2.05, 4.69) is 19.7 Å². The third kappa shape index (κ3) is 6.36. The highest BCUT2D eigenvalue weighted by atomic mass is 32.2. The van der Waals surface area contributed by atoms with Gasteiger partial charge in [-0.3, -0.25) is 13.9 Å². The van der Waals surface area contributed by atoms with Crippen LogP contribution in [0.1, 0.15) is 30.0 Å². The number of ether oxygens (including phenoxy) is 2. The summed E-state index contributed by atoms with van der Waals surface area (Å²) in [6, 6.07) is 5.00. The average molecular weight is 620 g/mol. The minimum Gasteiger partial charge on any atom is -0.487 e. The fourth-order valence-corrected chi connectivity index (χ4v) is 8.81. The van der Waals surface area contributed by atoms with Crippen LogP contribution >= 0.6 is 11.3 Å². The Balaban J connectivity index is 1.39. The minimum absolute atomic E-state index is 0.0830. The van der Waals surface area contributed by atoms with Gasteiger partial charge in [-0.15, -0.1) is 11.3 Å². The number of nitrogens with one attached hydrogen (secondary N) is 1. The molecule has 5 heterocycles. The molecule has 0 atom stereocenters. The van der Waals surface area contributed by atoms with Crippen molar-refractivity contribution in [2.45, 2.75) is 37.3 Å². The summed E-state index contributed by atoms with van der Waals surface area (Å²) in [5.74, 6) is 0.782. The van der Waals surface area contributed by atoms with E-state index in [0.29, 0.717) is 46.7 Å². The molecule has 4 aromatic rings. The molecule has 41 heavy (non-hydrogen) atoms. The van der Waals surface area contributed by atoms with Crippen LogP contribution < -0.4 is 19.8 Å². The zero-order chi connectivity index (χ0) is 29.4. The lowest BCUT2D eigenvalue weighted by molar-refractivity contribution is 0.266. The van der Waals surface area contributed by atoms with Gasteiger partial charge in [-0.05, 0) is 57.2 Å². The molecule has 0 unspecified atom stereocenters. The highest BCUT2D eigenvalue weighted by Crippen LogP contribution is 2.32. The normalized spacial score (nSPS) is 15.6. The van der Waals surface area contributed by atoms with E-state index in [1.807, 2.05) is 0 Å². The van der Waals surface area contributed by atoms with Gasteiger partial charge in [-0.2, -0.15) is 0 Å². The molecule has 0 amide bonds. The maximum atomic E-state index is 13.2. The van der Waals surface area contributed by atoms with Crippen LogP contribution in [0.15, 0.2) is 45.8 Å². The third-order valence-electron chi connectivity index (χ3n) is 6.86. The molecule has 15 heteroatoms. The van der Waals surface area contributed by atoms with Gasteiger partial charge < -0.3 is 9.47 Å². The second kappa shape index (κ2) is 11.4. The van der Waals surface area contributed by atoms with Crippen molar-refractivity contribution in [3.8, 4) is 22.8 Å². The Hall–Kier alpha value is -3.56. The van der Waals surface area contributed by atoms with Crippen molar-refractivity contribution in [2.24, 2.45) is 5.92 Å². The fourth-order valence-electron chi connectivity index (χ4n) is 4.69. The average Bonchev–Trinajstić information content (AvgIpc) is 3.29. The van der Waals surface area contributed by atoms with E-state index < -0.39 is 25.4 Å². The van der Waals surface area contributed by atoms with E-state index in [1.54, 1.807) is 38.2 Å². The molecule has 0 spiro atoms. The Kier molecular flexibility index (Phi) is 8.03. The van der Waals surface area contributed by atoms with Gasteiger partial charge in [0.15, 0.2) is 4.21 Å². The van der Waals surface area contributed by atoms with Crippen LogP contribution in [0.5, 0.6) is 11.6 Å². The monoisotopic (exact) mass is 619 g/mol. The molecule has 1 fully saturated rings. The van der Waals surface area contributed by atoms with Crippen LogP contribution in [-0.2, 0) is 19.9 Å². The molecule has 1 aliphatic heterocycles. The molecule has 218 valence electrons. The van der Waals surface area contributed by atoms with Crippen molar-refractivity contribution in [3.63, 3.8) is 0 Å². The number of sulfone groups is 1. The Bertz CT molecular complexity index is 1870. The summed E-state index contributed by atoms with van der Waals surface area (Å²) in [5.41, 5.74) is 1.65. The highest BCUT2D eigenvalue weighted by Gasteiger charge is 2.24. The molecule has 1 saturated heterocycles. The molecule has 0 saturated carbocycles. The Morgan fingerprint density at radius 2 is 1.88 bits per heavy atom. The molecule has 0 radical (unpaired) electrons. The van der Waals surface area contributed by atoms with Gasteiger partial charge in [0.05, 0.1) is 42.1 Å². The summed E-state index contributed by atoms with van der Waals surface area (Å²) in [6.45, 7) is 3.64. The van der Waals surface area contributed by atoms with Crippen LogP contribution in [0.4, 0.5) is 5.69 Å². The molecule has 1 N–H and O–H groups in total. The quantitative estimate of drug-likeness (QED) is 0.295. The first-order valence-corrected chi connectivity index (χ1v) is 16.9. The molecule has 4 aromatic heterocycles. The van der Waals surface area contributed by atoms with Crippen molar-refractivity contribution in [3.05, 3.63) is 57.8 Å². The van der Waals surface area contributed by atoms with Crippen molar-refractivity contribution in [1.82, 2.24) is 19.4 Å². The summed E-state index contributed by atoms with van der Waals surface area (Å²) >= 11 is 1.07. The first-order chi connectivity index (χ1) is 19.5. The van der Waals surface area contributed by atoms with Gasteiger partial charge in [0.25, 0.3) is 15.6 Å². The molecular formula is C26H29N5O7S3. The predicted octanol–water partition coefficient (Wildman–Crippen LogP) is 3.23. The number of anilines is 1. The number of rotatable bonds is 9. The lowest BCUT2D eigenvalue weighted by Crippen LogP contribution is -2.25. The SMILES string of the molecule is COc1ncc(-c2ccc3ncc(OCCC4CCS(=O)(=O)CC4)c(=O)n3c2)cc1NS(=O)(=O)c1sc(C)nc1C. The number of hydrogen-bond acceptors (Lipinski definition) is 11. The van der Waals surface area contributed by atoms with Crippen molar-refractivity contribution in [1.29, 1.82) is 0 Å². The summed E-state index contributed by atoms with van der Waals surface area (Å²) in [6.07, 6.45) is 6.33. The van der Waals surface area contributed by atoms with Gasteiger partial charge in [0, 0.05) is 23.5 Å². The second-order valence-corrected chi connectivity index (χ2v) is 15.2. The molecule has 0 aliphatic carbocycles. The molecule has 1 aliphatic rings. The standard InChI is InChI=1S/C26H29N5O7S3/c1-16-26(39-17(2)29-16)41(35,36)30-21-12-20(13-28-24(21)37-3)19-4-5-23-27-14-22(25(32)31(23)15-19)38-9-6-18-7-10-40(33,34)11-8-18/h4-5,12-15,18,30H,6-11H2,1-3H3. The largest absolute Gasteiger partial charge is 0.487 e. The number of pyridine rings is 2. The summed E-state index contributed by atoms with van der Waals surface area (Å²) in [4.78, 5) is 26.0. The lowest BCUT2D eigenvalue weighted by atomic mass is 10.00. The highest BCUT2D eigenvalue weighted by molar-refractivity contribution is 7.94. The molecule has 0 bridgehead atoms. The summed E-state index contributed by atoms with van der Waals surface area (Å²) in [7, 11) is -5.49. The Morgan fingerprint density at radius 1 is 1.12 bits per heavy atom. The van der Waals surface area contributed by atoms with E-state index >= 15 is 0 Å². The number of thiazole rings is 1. The Morgan fingerprint density at radius 3 is 2.56 bits per heavy atom. The molecule has 12 nitrogen and oxygen atoms in total. The van der Waals surface area contributed by atoms with Crippen molar-refractivity contribution >= 4 is 42.5 Å². The summed E-state index contributed by atoms with van der Waals surface area (Å²) < 4.78 is 64.6. The molecule has 5 rings (SSSR count). The number of methoxy groups -OCH3 is 1. The van der Waals surface area contributed by atoms with Crippen LogP contribution in [0.3, 0.4) is 0 Å². The van der Waals surface area contributed by atoms with Gasteiger partial charge in [0.2, 0.25) is 11.6 Å². The number of aryl methyl sites for hydroxylation is 2. The maximum absolute atomic E-state index is 13.2. The second-order valence-electron chi connectivity index (χ2n) is 9.80. The number of nitrogens with zero attached hydrogens (tertiary/aromatic N) is 4. The molecular weight excluding hydrogens is 591 g/mol. The molecule has 0 aromatic carbocycles. The minimum atomic E-state index is -3.95. The number of sulfonamides is 1. The summed E-state index contributed by atoms with van der Waals surface area (Å²) in [5, 5.41) is 0.629. The predicted molar refractivity (Wildman–Crippen MR) is 155 cm³/mol. The zero-order valence-electron chi connectivity index (χ0n) is 22.7. The zero-order valence-corrected chi connectivity index (χ0v) is 25.1. The van der Waals surface area contributed by atoms with Gasteiger partial charge in [-0.25, -0.2) is 31.8 Å². The van der Waals surface area contributed by atoms with E-state index in [1.165, 1.54) is 23.9 Å². The topological polar surface area (TPSA) is 159 Å². The van der Waals surface area contributed by atoms with E-state index in [-0.39, 0.29) is 45.6 Å².